The number of aromatic nitrogens is 2. The Balaban J connectivity index is 0.00000280. The van der Waals surface area contributed by atoms with Gasteiger partial charge < -0.3 is 4.74 Å². The molecule has 2 N–H and O–H groups in total. The van der Waals surface area contributed by atoms with Crippen molar-refractivity contribution in [2.45, 2.75) is 11.3 Å². The third kappa shape index (κ3) is 4.58. The van der Waals surface area contributed by atoms with E-state index < -0.39 is 28.0 Å². The third-order valence-corrected chi connectivity index (χ3v) is 4.74. The fourth-order valence-corrected chi connectivity index (χ4v) is 3.03. The molecule has 0 bridgehead atoms. The molecule has 0 saturated heterocycles. The molecule has 0 spiro atoms. The standard InChI is InChI=1S/C17H14F3N3O3S.Na.H/c1-26-16-7-2-10(8-13(16)18)15-9-14(17(19)20)22-23(15)11-3-5-12(6-4-11)27(21,24)25;;/h2-9,17H,1H3,(H2,21,24,25);;. The molecular weight excluding hydrogens is 406 g/mol. The molecule has 0 fully saturated rings. The van der Waals surface area contributed by atoms with Gasteiger partial charge in [0, 0.05) is 5.56 Å². The SMILES string of the molecule is COc1ccc(-c2cc(C(F)F)nn2-c2ccc(S(N)(=O)=O)cc2)cc1F.[NaH]. The number of hydrogen-bond acceptors (Lipinski definition) is 4. The second kappa shape index (κ2) is 8.66. The third-order valence-electron chi connectivity index (χ3n) is 3.81. The molecule has 144 valence electrons. The van der Waals surface area contributed by atoms with Gasteiger partial charge in [-0.3, -0.25) is 0 Å². The van der Waals surface area contributed by atoms with Gasteiger partial charge in [0.05, 0.1) is 23.4 Å². The fourth-order valence-electron chi connectivity index (χ4n) is 2.51. The number of nitrogens with zero attached hydrogens (tertiary/aromatic N) is 2. The summed E-state index contributed by atoms with van der Waals surface area (Å²) >= 11 is 0. The second-order valence-electron chi connectivity index (χ2n) is 5.56. The Morgan fingerprint density at radius 1 is 1.11 bits per heavy atom. The van der Waals surface area contributed by atoms with Gasteiger partial charge in [0.15, 0.2) is 11.6 Å². The van der Waals surface area contributed by atoms with E-state index in [0.717, 1.165) is 12.1 Å². The summed E-state index contributed by atoms with van der Waals surface area (Å²) in [6.45, 7) is 0. The average molecular weight is 421 g/mol. The number of alkyl halides is 2. The van der Waals surface area contributed by atoms with Crippen LogP contribution in [0.15, 0.2) is 53.4 Å². The van der Waals surface area contributed by atoms with E-state index >= 15 is 0 Å². The Hall–Kier alpha value is -1.85. The van der Waals surface area contributed by atoms with E-state index in [1.807, 2.05) is 0 Å². The number of halogens is 3. The monoisotopic (exact) mass is 421 g/mol. The number of benzene rings is 2. The first-order valence-corrected chi connectivity index (χ1v) is 9.10. The van der Waals surface area contributed by atoms with Crippen molar-refractivity contribution in [3.05, 3.63) is 60.0 Å². The summed E-state index contributed by atoms with van der Waals surface area (Å²) in [4.78, 5) is -0.135. The number of primary sulfonamides is 1. The van der Waals surface area contributed by atoms with Gasteiger partial charge in [-0.25, -0.2) is 31.4 Å². The van der Waals surface area contributed by atoms with Gasteiger partial charge in [0.25, 0.3) is 6.43 Å². The van der Waals surface area contributed by atoms with E-state index in [4.69, 9.17) is 9.88 Å². The molecule has 0 radical (unpaired) electrons. The molecule has 1 aromatic heterocycles. The van der Waals surface area contributed by atoms with Gasteiger partial charge in [-0.05, 0) is 48.5 Å². The van der Waals surface area contributed by atoms with Crippen molar-refractivity contribution >= 4 is 39.6 Å². The summed E-state index contributed by atoms with van der Waals surface area (Å²) in [5, 5.41) is 8.90. The van der Waals surface area contributed by atoms with Crippen LogP contribution in [0.3, 0.4) is 0 Å². The van der Waals surface area contributed by atoms with Crippen LogP contribution in [0.5, 0.6) is 5.75 Å². The van der Waals surface area contributed by atoms with Gasteiger partial charge in [0.1, 0.15) is 5.69 Å². The number of hydrogen-bond donors (Lipinski definition) is 1. The predicted octanol–water partition coefficient (Wildman–Crippen LogP) is 2.62. The minimum absolute atomic E-state index is 0. The first-order chi connectivity index (χ1) is 12.7. The molecule has 0 atom stereocenters. The van der Waals surface area contributed by atoms with E-state index in [-0.39, 0.29) is 45.9 Å². The topological polar surface area (TPSA) is 87.2 Å². The normalized spacial score (nSPS) is 11.4. The molecule has 0 aliphatic rings. The molecular formula is C17H15F3N3NaO3S. The summed E-state index contributed by atoms with van der Waals surface area (Å²) in [7, 11) is -2.59. The van der Waals surface area contributed by atoms with Crippen molar-refractivity contribution in [2.24, 2.45) is 5.14 Å². The Morgan fingerprint density at radius 2 is 1.75 bits per heavy atom. The summed E-state index contributed by atoms with van der Waals surface area (Å²) in [5.74, 6) is -0.651. The van der Waals surface area contributed by atoms with Crippen LogP contribution in [0.4, 0.5) is 13.2 Å². The molecule has 11 heteroatoms. The Kier molecular flexibility index (Phi) is 6.94. The number of nitrogens with two attached hydrogens (primary N) is 1. The van der Waals surface area contributed by atoms with Crippen molar-refractivity contribution < 1.29 is 26.3 Å². The van der Waals surface area contributed by atoms with Crippen LogP contribution >= 0.6 is 0 Å². The molecule has 0 unspecified atom stereocenters. The summed E-state index contributed by atoms with van der Waals surface area (Å²) in [6.07, 6.45) is -2.84. The number of sulfonamides is 1. The molecule has 0 aliphatic carbocycles. The molecule has 0 saturated carbocycles. The van der Waals surface area contributed by atoms with Gasteiger partial charge in [-0.2, -0.15) is 5.10 Å². The van der Waals surface area contributed by atoms with Crippen molar-refractivity contribution in [1.29, 1.82) is 0 Å². The van der Waals surface area contributed by atoms with Crippen LogP contribution in [0.2, 0.25) is 0 Å². The van der Waals surface area contributed by atoms with E-state index in [2.05, 4.69) is 5.10 Å². The first-order valence-electron chi connectivity index (χ1n) is 7.56. The van der Waals surface area contributed by atoms with Crippen LogP contribution in [-0.4, -0.2) is 54.9 Å². The molecule has 1 heterocycles. The zero-order valence-corrected chi connectivity index (χ0v) is 14.8. The van der Waals surface area contributed by atoms with Crippen molar-refractivity contribution in [3.63, 3.8) is 0 Å². The molecule has 3 rings (SSSR count). The summed E-state index contributed by atoms with van der Waals surface area (Å²) in [5.41, 5.74) is 0.302. The number of methoxy groups -OCH3 is 1. The van der Waals surface area contributed by atoms with Crippen molar-refractivity contribution in [3.8, 4) is 22.7 Å². The Bertz CT molecular complexity index is 1090. The van der Waals surface area contributed by atoms with Crippen LogP contribution in [-0.2, 0) is 10.0 Å². The van der Waals surface area contributed by atoms with E-state index in [1.165, 1.54) is 48.2 Å². The van der Waals surface area contributed by atoms with E-state index in [1.54, 1.807) is 0 Å². The second-order valence-corrected chi connectivity index (χ2v) is 7.12. The van der Waals surface area contributed by atoms with Crippen LogP contribution in [0.1, 0.15) is 12.1 Å². The number of rotatable bonds is 5. The Morgan fingerprint density at radius 3 is 2.25 bits per heavy atom. The van der Waals surface area contributed by atoms with Crippen LogP contribution in [0.25, 0.3) is 16.9 Å². The van der Waals surface area contributed by atoms with Gasteiger partial charge in [-0.1, -0.05) is 0 Å². The van der Waals surface area contributed by atoms with Gasteiger partial charge >= 0.3 is 29.6 Å². The van der Waals surface area contributed by atoms with E-state index in [9.17, 15) is 21.6 Å². The molecule has 0 amide bonds. The molecule has 3 aromatic rings. The average Bonchev–Trinajstić information content (AvgIpc) is 3.06. The van der Waals surface area contributed by atoms with Gasteiger partial charge in [-0.15, -0.1) is 0 Å². The molecule has 2 aromatic carbocycles. The van der Waals surface area contributed by atoms with Gasteiger partial charge in [0.2, 0.25) is 10.0 Å². The van der Waals surface area contributed by atoms with Crippen LogP contribution < -0.4 is 9.88 Å². The number of ether oxygens (including phenoxy) is 1. The minimum atomic E-state index is -3.90. The van der Waals surface area contributed by atoms with Crippen molar-refractivity contribution in [2.75, 3.05) is 7.11 Å². The first kappa shape index (κ1) is 22.4. The molecule has 0 aliphatic heterocycles. The summed E-state index contributed by atoms with van der Waals surface area (Å²) < 4.78 is 69.1. The maximum atomic E-state index is 14.0. The maximum absolute atomic E-state index is 14.0. The summed E-state index contributed by atoms with van der Waals surface area (Å²) in [6, 6.07) is 10.3. The predicted molar refractivity (Wildman–Crippen MR) is 99.0 cm³/mol. The van der Waals surface area contributed by atoms with Crippen molar-refractivity contribution in [1.82, 2.24) is 9.78 Å². The quantitative estimate of drug-likeness (QED) is 0.642. The zero-order chi connectivity index (χ0) is 19.8. The zero-order valence-electron chi connectivity index (χ0n) is 13.9. The fraction of sp³-hybridized carbons (Fsp3) is 0.118. The molecule has 6 nitrogen and oxygen atoms in total. The Labute approximate surface area is 181 Å². The van der Waals surface area contributed by atoms with Crippen LogP contribution in [0, 0.1) is 5.82 Å². The van der Waals surface area contributed by atoms with E-state index in [0.29, 0.717) is 11.3 Å². The molecule has 28 heavy (non-hydrogen) atoms.